The van der Waals surface area contributed by atoms with Crippen molar-refractivity contribution in [3.8, 4) is 0 Å². The third-order valence-corrected chi connectivity index (χ3v) is 5.00. The standard InChI is InChI=1S/C13H14ClN3O2S/c1-17-12(15-16-13(17)20(14,18)19)11-7-6-9-4-2-3-5-10(9)8-11/h2-5,11H,6-8H2,1H3. The van der Waals surface area contributed by atoms with Gasteiger partial charge in [0.05, 0.1) is 0 Å². The van der Waals surface area contributed by atoms with Crippen molar-refractivity contribution in [2.75, 3.05) is 0 Å². The fraction of sp³-hybridized carbons (Fsp3) is 0.385. The zero-order chi connectivity index (χ0) is 14.3. The predicted octanol–water partition coefficient (Wildman–Crippen LogP) is 2.02. The minimum atomic E-state index is -3.85. The Morgan fingerprint density at radius 3 is 2.60 bits per heavy atom. The van der Waals surface area contributed by atoms with Crippen LogP contribution in [0.5, 0.6) is 0 Å². The number of aryl methyl sites for hydroxylation is 1. The number of hydrogen-bond acceptors (Lipinski definition) is 4. The molecule has 0 saturated heterocycles. The molecule has 0 radical (unpaired) electrons. The summed E-state index contributed by atoms with van der Waals surface area (Å²) in [5, 5.41) is 7.55. The first kappa shape index (κ1) is 13.6. The van der Waals surface area contributed by atoms with E-state index in [0.717, 1.165) is 19.3 Å². The van der Waals surface area contributed by atoms with Gasteiger partial charge in [0.15, 0.2) is 0 Å². The highest BCUT2D eigenvalue weighted by atomic mass is 35.7. The lowest BCUT2D eigenvalue weighted by Gasteiger charge is -2.23. The van der Waals surface area contributed by atoms with Crippen LogP contribution < -0.4 is 0 Å². The van der Waals surface area contributed by atoms with Gasteiger partial charge in [-0.25, -0.2) is 8.42 Å². The fourth-order valence-corrected chi connectivity index (χ4v) is 3.77. The van der Waals surface area contributed by atoms with Crippen molar-refractivity contribution in [2.24, 2.45) is 7.05 Å². The Kier molecular flexibility index (Phi) is 3.30. The van der Waals surface area contributed by atoms with Gasteiger partial charge >= 0.3 is 0 Å². The summed E-state index contributed by atoms with van der Waals surface area (Å²) < 4.78 is 24.3. The van der Waals surface area contributed by atoms with Crippen LogP contribution in [0.4, 0.5) is 0 Å². The van der Waals surface area contributed by atoms with Gasteiger partial charge < -0.3 is 4.57 Å². The molecular formula is C13H14ClN3O2S. The summed E-state index contributed by atoms with van der Waals surface area (Å²) in [6.07, 6.45) is 2.76. The van der Waals surface area contributed by atoms with Crippen LogP contribution in [0.1, 0.15) is 29.3 Å². The van der Waals surface area contributed by atoms with Crippen LogP contribution in [0, 0.1) is 0 Å². The van der Waals surface area contributed by atoms with E-state index >= 15 is 0 Å². The van der Waals surface area contributed by atoms with E-state index in [2.05, 4.69) is 22.3 Å². The van der Waals surface area contributed by atoms with Gasteiger partial charge in [-0.15, -0.1) is 10.2 Å². The molecule has 1 aromatic heterocycles. The average Bonchev–Trinajstić information content (AvgIpc) is 2.80. The molecule has 0 N–H and O–H groups in total. The van der Waals surface area contributed by atoms with Crippen LogP contribution in [0.15, 0.2) is 29.4 Å². The molecule has 20 heavy (non-hydrogen) atoms. The molecule has 0 fully saturated rings. The number of aromatic nitrogens is 3. The van der Waals surface area contributed by atoms with Crippen molar-refractivity contribution < 1.29 is 8.42 Å². The number of hydrogen-bond donors (Lipinski definition) is 0. The Morgan fingerprint density at radius 2 is 1.95 bits per heavy atom. The monoisotopic (exact) mass is 311 g/mol. The van der Waals surface area contributed by atoms with Gasteiger partial charge in [-0.1, -0.05) is 24.3 Å². The van der Waals surface area contributed by atoms with E-state index in [4.69, 9.17) is 10.7 Å². The summed E-state index contributed by atoms with van der Waals surface area (Å²) in [4.78, 5) is 0. The second-order valence-electron chi connectivity index (χ2n) is 5.05. The lowest BCUT2D eigenvalue weighted by atomic mass is 9.83. The normalized spacial score (nSPS) is 18.8. The van der Waals surface area contributed by atoms with Crippen LogP contribution in [-0.4, -0.2) is 23.2 Å². The number of nitrogens with zero attached hydrogens (tertiary/aromatic N) is 3. The highest BCUT2D eigenvalue weighted by Gasteiger charge is 2.27. The van der Waals surface area contributed by atoms with Gasteiger partial charge in [-0.05, 0) is 30.4 Å². The molecule has 0 bridgehead atoms. The molecule has 1 heterocycles. The Balaban J connectivity index is 1.95. The van der Waals surface area contributed by atoms with E-state index in [-0.39, 0.29) is 11.1 Å². The second-order valence-corrected chi connectivity index (χ2v) is 7.51. The van der Waals surface area contributed by atoms with Gasteiger partial charge in [0.2, 0.25) is 0 Å². The summed E-state index contributed by atoms with van der Waals surface area (Å²) in [6, 6.07) is 8.31. The summed E-state index contributed by atoms with van der Waals surface area (Å²) in [7, 11) is 3.14. The summed E-state index contributed by atoms with van der Waals surface area (Å²) in [6.45, 7) is 0. The number of rotatable bonds is 2. The Labute approximate surface area is 122 Å². The zero-order valence-corrected chi connectivity index (χ0v) is 12.5. The lowest BCUT2D eigenvalue weighted by molar-refractivity contribution is 0.527. The van der Waals surface area contributed by atoms with Gasteiger partial charge in [0.1, 0.15) is 5.82 Å². The largest absolute Gasteiger partial charge is 0.304 e. The Hall–Kier alpha value is -1.40. The molecule has 2 aromatic rings. The molecule has 106 valence electrons. The highest BCUT2D eigenvalue weighted by molar-refractivity contribution is 8.13. The first-order valence-corrected chi connectivity index (χ1v) is 8.68. The lowest BCUT2D eigenvalue weighted by Crippen LogP contribution is -2.17. The number of benzene rings is 1. The second kappa shape index (κ2) is 4.86. The van der Waals surface area contributed by atoms with Crippen LogP contribution in [0.3, 0.4) is 0 Å². The first-order valence-electron chi connectivity index (χ1n) is 6.37. The molecule has 5 nitrogen and oxygen atoms in total. The summed E-state index contributed by atoms with van der Waals surface area (Å²) in [5.74, 6) is 0.855. The van der Waals surface area contributed by atoms with Gasteiger partial charge in [0, 0.05) is 23.6 Å². The van der Waals surface area contributed by atoms with Crippen molar-refractivity contribution in [1.82, 2.24) is 14.8 Å². The third kappa shape index (κ3) is 2.33. The van der Waals surface area contributed by atoms with E-state index in [0.29, 0.717) is 5.82 Å². The number of halogens is 1. The molecule has 1 aliphatic carbocycles. The van der Waals surface area contributed by atoms with Crippen LogP contribution >= 0.6 is 10.7 Å². The minimum Gasteiger partial charge on any atom is -0.304 e. The SMILES string of the molecule is Cn1c(C2CCc3ccccc3C2)nnc1S(=O)(=O)Cl. The molecule has 3 rings (SSSR count). The highest BCUT2D eigenvalue weighted by Crippen LogP contribution is 2.32. The maximum atomic E-state index is 11.4. The van der Waals surface area contributed by atoms with Crippen molar-refractivity contribution in [3.63, 3.8) is 0 Å². The van der Waals surface area contributed by atoms with Crippen LogP contribution in [0.25, 0.3) is 0 Å². The van der Waals surface area contributed by atoms with Crippen molar-refractivity contribution in [1.29, 1.82) is 0 Å². The van der Waals surface area contributed by atoms with E-state index in [1.54, 1.807) is 7.05 Å². The minimum absolute atomic E-state index is 0.176. The summed E-state index contributed by atoms with van der Waals surface area (Å²) >= 11 is 0. The molecule has 0 spiro atoms. The maximum Gasteiger partial charge on any atom is 0.296 e. The van der Waals surface area contributed by atoms with E-state index in [9.17, 15) is 8.42 Å². The molecule has 7 heteroatoms. The van der Waals surface area contributed by atoms with E-state index in [1.165, 1.54) is 15.7 Å². The zero-order valence-electron chi connectivity index (χ0n) is 11.0. The molecule has 1 atom stereocenters. The first-order chi connectivity index (χ1) is 9.47. The average molecular weight is 312 g/mol. The Bertz CT molecular complexity index is 755. The quantitative estimate of drug-likeness (QED) is 0.796. The van der Waals surface area contributed by atoms with Crippen LogP contribution in [0.2, 0.25) is 0 Å². The summed E-state index contributed by atoms with van der Waals surface area (Å²) in [5.41, 5.74) is 2.65. The van der Waals surface area contributed by atoms with E-state index in [1.807, 2.05) is 12.1 Å². The molecule has 1 unspecified atom stereocenters. The third-order valence-electron chi connectivity index (χ3n) is 3.80. The molecule has 0 aliphatic heterocycles. The van der Waals surface area contributed by atoms with Crippen molar-refractivity contribution >= 4 is 19.7 Å². The topological polar surface area (TPSA) is 64.8 Å². The smallest absolute Gasteiger partial charge is 0.296 e. The van der Waals surface area contributed by atoms with Crippen LogP contribution in [-0.2, 0) is 28.9 Å². The molecule has 1 aliphatic rings. The van der Waals surface area contributed by atoms with Gasteiger partial charge in [0.25, 0.3) is 14.2 Å². The number of fused-ring (bicyclic) bond motifs is 1. The molecular weight excluding hydrogens is 298 g/mol. The fourth-order valence-electron chi connectivity index (χ4n) is 2.81. The molecule has 1 aromatic carbocycles. The molecule has 0 amide bonds. The van der Waals surface area contributed by atoms with Gasteiger partial charge in [-0.3, -0.25) is 0 Å². The van der Waals surface area contributed by atoms with Crippen molar-refractivity contribution in [3.05, 3.63) is 41.2 Å². The Morgan fingerprint density at radius 1 is 1.25 bits per heavy atom. The maximum absolute atomic E-state index is 11.4. The van der Waals surface area contributed by atoms with Crippen molar-refractivity contribution in [2.45, 2.75) is 30.3 Å². The van der Waals surface area contributed by atoms with Gasteiger partial charge in [-0.2, -0.15) is 0 Å². The molecule has 0 saturated carbocycles. The van der Waals surface area contributed by atoms with E-state index < -0.39 is 9.05 Å². The predicted molar refractivity (Wildman–Crippen MR) is 75.2 cm³/mol.